The molecule has 0 saturated heterocycles. The van der Waals surface area contributed by atoms with Crippen LogP contribution in [0.4, 0.5) is 0 Å². The number of nitrogens with one attached hydrogen (secondary N) is 1. The zero-order valence-electron chi connectivity index (χ0n) is 12.9. The molecule has 1 aromatic carbocycles. The van der Waals surface area contributed by atoms with Crippen molar-refractivity contribution in [3.8, 4) is 5.75 Å². The predicted molar refractivity (Wildman–Crippen MR) is 83.0 cm³/mol. The third-order valence-corrected chi connectivity index (χ3v) is 3.65. The molecule has 1 aromatic rings. The van der Waals surface area contributed by atoms with E-state index in [1.807, 2.05) is 24.3 Å². The summed E-state index contributed by atoms with van der Waals surface area (Å²) in [5, 5.41) is 3.05. The number of rotatable bonds is 9. The summed E-state index contributed by atoms with van der Waals surface area (Å²) >= 11 is 0. The molecule has 20 heavy (non-hydrogen) atoms. The van der Waals surface area contributed by atoms with E-state index < -0.39 is 0 Å². The van der Waals surface area contributed by atoms with Gasteiger partial charge in [-0.25, -0.2) is 0 Å². The molecule has 0 heterocycles. The van der Waals surface area contributed by atoms with Crippen LogP contribution in [0.3, 0.4) is 0 Å². The van der Waals surface area contributed by atoms with Gasteiger partial charge in [0.1, 0.15) is 5.75 Å². The molecule has 112 valence electrons. The van der Waals surface area contributed by atoms with Crippen LogP contribution in [0.1, 0.15) is 45.1 Å². The van der Waals surface area contributed by atoms with E-state index in [2.05, 4.69) is 19.2 Å². The Morgan fingerprint density at radius 2 is 1.95 bits per heavy atom. The fraction of sp³-hybridized carbons (Fsp3) is 0.588. The van der Waals surface area contributed by atoms with Crippen LogP contribution in [-0.4, -0.2) is 19.6 Å². The molecule has 1 amide bonds. The second-order valence-corrected chi connectivity index (χ2v) is 5.25. The van der Waals surface area contributed by atoms with E-state index in [0.29, 0.717) is 12.3 Å². The Labute approximate surface area is 122 Å². The molecule has 0 aliphatic heterocycles. The third kappa shape index (κ3) is 6.09. The fourth-order valence-electron chi connectivity index (χ4n) is 2.19. The van der Waals surface area contributed by atoms with Gasteiger partial charge in [-0.1, -0.05) is 45.2 Å². The Morgan fingerprint density at radius 1 is 1.25 bits per heavy atom. The Bertz CT molecular complexity index is 386. The molecule has 3 nitrogen and oxygen atoms in total. The first-order chi connectivity index (χ1) is 9.69. The highest BCUT2D eigenvalue weighted by molar-refractivity contribution is 5.78. The van der Waals surface area contributed by atoms with Crippen molar-refractivity contribution in [2.24, 2.45) is 5.92 Å². The second kappa shape index (κ2) is 9.40. The zero-order valence-corrected chi connectivity index (χ0v) is 12.9. The highest BCUT2D eigenvalue weighted by Gasteiger charge is 2.08. The van der Waals surface area contributed by atoms with Gasteiger partial charge in [0.25, 0.3) is 0 Å². The molecule has 0 aliphatic carbocycles. The lowest BCUT2D eigenvalue weighted by Crippen LogP contribution is -2.30. The Hall–Kier alpha value is -1.51. The van der Waals surface area contributed by atoms with Crippen LogP contribution >= 0.6 is 0 Å². The Balaban J connectivity index is 2.34. The van der Waals surface area contributed by atoms with Crippen LogP contribution in [0, 0.1) is 5.92 Å². The van der Waals surface area contributed by atoms with Crippen LogP contribution < -0.4 is 10.1 Å². The Morgan fingerprint density at radius 3 is 2.50 bits per heavy atom. The smallest absolute Gasteiger partial charge is 0.224 e. The molecule has 0 bridgehead atoms. The maximum atomic E-state index is 11.9. The maximum Gasteiger partial charge on any atom is 0.224 e. The third-order valence-electron chi connectivity index (χ3n) is 3.65. The van der Waals surface area contributed by atoms with E-state index in [1.165, 1.54) is 19.3 Å². The van der Waals surface area contributed by atoms with E-state index in [-0.39, 0.29) is 5.91 Å². The van der Waals surface area contributed by atoms with Gasteiger partial charge in [-0.3, -0.25) is 4.79 Å². The van der Waals surface area contributed by atoms with Gasteiger partial charge >= 0.3 is 0 Å². The van der Waals surface area contributed by atoms with E-state index in [4.69, 9.17) is 4.74 Å². The summed E-state index contributed by atoms with van der Waals surface area (Å²) in [4.78, 5) is 11.9. The minimum Gasteiger partial charge on any atom is -0.497 e. The van der Waals surface area contributed by atoms with E-state index in [1.54, 1.807) is 7.11 Å². The molecule has 1 N–H and O–H groups in total. The number of ether oxygens (including phenoxy) is 1. The van der Waals surface area contributed by atoms with Gasteiger partial charge in [-0.2, -0.15) is 0 Å². The minimum absolute atomic E-state index is 0.102. The molecule has 0 aliphatic rings. The molecule has 0 saturated carbocycles. The van der Waals surface area contributed by atoms with Gasteiger partial charge in [0, 0.05) is 6.54 Å². The normalized spacial score (nSPS) is 11.9. The first kappa shape index (κ1) is 16.5. The monoisotopic (exact) mass is 277 g/mol. The average molecular weight is 277 g/mol. The number of carbonyl (C=O) groups is 1. The van der Waals surface area contributed by atoms with Gasteiger partial charge in [-0.15, -0.1) is 0 Å². The summed E-state index contributed by atoms with van der Waals surface area (Å²) in [6, 6.07) is 7.65. The first-order valence-electron chi connectivity index (χ1n) is 7.59. The van der Waals surface area contributed by atoms with Crippen molar-refractivity contribution in [3.63, 3.8) is 0 Å². The van der Waals surface area contributed by atoms with Crippen molar-refractivity contribution < 1.29 is 9.53 Å². The van der Waals surface area contributed by atoms with Gasteiger partial charge in [0.2, 0.25) is 5.91 Å². The predicted octanol–water partition coefficient (Wildman–Crippen LogP) is 3.57. The van der Waals surface area contributed by atoms with Crippen molar-refractivity contribution in [1.29, 1.82) is 0 Å². The number of carbonyl (C=O) groups excluding carboxylic acids is 1. The maximum absolute atomic E-state index is 11.9. The standard InChI is InChI=1S/C17H27NO2/c1-4-6-7-14(5-2)13-18-17(19)12-15-8-10-16(20-3)11-9-15/h8-11,14H,4-7,12-13H2,1-3H3,(H,18,19)/t14-/m0/s1. The lowest BCUT2D eigenvalue weighted by molar-refractivity contribution is -0.120. The quantitative estimate of drug-likeness (QED) is 0.749. The number of benzene rings is 1. The molecule has 0 aromatic heterocycles. The molecule has 1 atom stereocenters. The van der Waals surface area contributed by atoms with Crippen molar-refractivity contribution in [2.45, 2.75) is 46.0 Å². The summed E-state index contributed by atoms with van der Waals surface area (Å²) in [6.07, 6.45) is 5.23. The summed E-state index contributed by atoms with van der Waals surface area (Å²) in [5.74, 6) is 1.53. The number of amides is 1. The van der Waals surface area contributed by atoms with Crippen molar-refractivity contribution in [2.75, 3.05) is 13.7 Å². The summed E-state index contributed by atoms with van der Waals surface area (Å²) < 4.78 is 5.10. The number of methoxy groups -OCH3 is 1. The number of hydrogen-bond acceptors (Lipinski definition) is 2. The second-order valence-electron chi connectivity index (χ2n) is 5.25. The van der Waals surface area contributed by atoms with Crippen LogP contribution in [0.15, 0.2) is 24.3 Å². The van der Waals surface area contributed by atoms with Crippen molar-refractivity contribution in [1.82, 2.24) is 5.32 Å². The van der Waals surface area contributed by atoms with E-state index >= 15 is 0 Å². The van der Waals surface area contributed by atoms with Crippen LogP contribution in [0.5, 0.6) is 5.75 Å². The molecule has 1 rings (SSSR count). The SMILES string of the molecule is CCCC[C@H](CC)CNC(=O)Cc1ccc(OC)cc1. The average Bonchev–Trinajstić information content (AvgIpc) is 2.48. The molecular formula is C17H27NO2. The van der Waals surface area contributed by atoms with Crippen LogP contribution in [-0.2, 0) is 11.2 Å². The van der Waals surface area contributed by atoms with Crippen molar-refractivity contribution >= 4 is 5.91 Å². The summed E-state index contributed by atoms with van der Waals surface area (Å²) in [5.41, 5.74) is 1.02. The summed E-state index contributed by atoms with van der Waals surface area (Å²) in [7, 11) is 1.64. The summed E-state index contributed by atoms with van der Waals surface area (Å²) in [6.45, 7) is 5.19. The minimum atomic E-state index is 0.102. The topological polar surface area (TPSA) is 38.3 Å². The van der Waals surface area contributed by atoms with Gasteiger partial charge in [-0.05, 0) is 30.0 Å². The molecular weight excluding hydrogens is 250 g/mol. The lowest BCUT2D eigenvalue weighted by Gasteiger charge is -2.15. The highest BCUT2D eigenvalue weighted by Crippen LogP contribution is 2.13. The van der Waals surface area contributed by atoms with E-state index in [9.17, 15) is 4.79 Å². The zero-order chi connectivity index (χ0) is 14.8. The van der Waals surface area contributed by atoms with Gasteiger partial charge in [0.05, 0.1) is 13.5 Å². The number of hydrogen-bond donors (Lipinski definition) is 1. The molecule has 0 fully saturated rings. The fourth-order valence-corrected chi connectivity index (χ4v) is 2.19. The lowest BCUT2D eigenvalue weighted by atomic mass is 9.99. The largest absolute Gasteiger partial charge is 0.497 e. The van der Waals surface area contributed by atoms with Crippen molar-refractivity contribution in [3.05, 3.63) is 29.8 Å². The molecule has 0 radical (unpaired) electrons. The number of unbranched alkanes of at least 4 members (excludes halogenated alkanes) is 1. The molecule has 3 heteroatoms. The van der Waals surface area contributed by atoms with Crippen LogP contribution in [0.2, 0.25) is 0 Å². The van der Waals surface area contributed by atoms with Gasteiger partial charge in [0.15, 0.2) is 0 Å². The van der Waals surface area contributed by atoms with Gasteiger partial charge < -0.3 is 10.1 Å². The molecule has 0 unspecified atom stereocenters. The first-order valence-corrected chi connectivity index (χ1v) is 7.59. The Kier molecular flexibility index (Phi) is 7.78. The van der Waals surface area contributed by atoms with Crippen LogP contribution in [0.25, 0.3) is 0 Å². The van der Waals surface area contributed by atoms with E-state index in [0.717, 1.165) is 24.3 Å². The highest BCUT2D eigenvalue weighted by atomic mass is 16.5. The molecule has 0 spiro atoms.